The summed E-state index contributed by atoms with van der Waals surface area (Å²) in [5, 5.41) is 3.35. The Hall–Kier alpha value is -3.03. The summed E-state index contributed by atoms with van der Waals surface area (Å²) in [4.78, 5) is 25.5. The number of nitrogens with zero attached hydrogens (tertiary/aromatic N) is 5. The number of aromatic nitrogens is 2. The Bertz CT molecular complexity index is 857. The van der Waals surface area contributed by atoms with Crippen molar-refractivity contribution in [3.05, 3.63) is 54.1 Å². The molecule has 0 fully saturated rings. The van der Waals surface area contributed by atoms with Gasteiger partial charge in [-0.2, -0.15) is 0 Å². The van der Waals surface area contributed by atoms with Crippen molar-refractivity contribution in [2.24, 2.45) is 12.0 Å². The predicted octanol–water partition coefficient (Wildman–Crippen LogP) is 3.64. The van der Waals surface area contributed by atoms with Crippen LogP contribution < -0.4 is 5.32 Å². The average molecular weight is 443 g/mol. The maximum atomic E-state index is 12.7. The number of aliphatic imine (C=N–C) groups is 1. The Morgan fingerprint density at radius 1 is 1.25 bits per heavy atom. The van der Waals surface area contributed by atoms with Gasteiger partial charge in [0.2, 0.25) is 0 Å². The third-order valence-electron chi connectivity index (χ3n) is 4.74. The summed E-state index contributed by atoms with van der Waals surface area (Å²) in [5.74, 6) is 0.852. The Morgan fingerprint density at radius 3 is 2.62 bits per heavy atom. The first-order valence-corrected chi connectivity index (χ1v) is 11.2. The number of carbonyl (C=O) groups excluding carboxylic acids is 1. The van der Waals surface area contributed by atoms with Crippen molar-refractivity contribution < 1.29 is 9.53 Å². The molecule has 0 aliphatic carbocycles. The predicted molar refractivity (Wildman–Crippen MR) is 128 cm³/mol. The van der Waals surface area contributed by atoms with Crippen LogP contribution in [0, 0.1) is 0 Å². The van der Waals surface area contributed by atoms with Crippen LogP contribution in [0.2, 0.25) is 0 Å². The maximum absolute atomic E-state index is 12.7. The molecule has 0 unspecified atom stereocenters. The molecule has 8 heteroatoms. The number of aryl methyl sites for hydroxylation is 1. The molecule has 0 saturated carbocycles. The van der Waals surface area contributed by atoms with Crippen LogP contribution in [-0.2, 0) is 24.9 Å². The van der Waals surface area contributed by atoms with Gasteiger partial charge in [-0.05, 0) is 57.9 Å². The van der Waals surface area contributed by atoms with Gasteiger partial charge in [-0.3, -0.25) is 9.98 Å². The van der Waals surface area contributed by atoms with Crippen LogP contribution >= 0.6 is 0 Å². The van der Waals surface area contributed by atoms with Crippen LogP contribution in [0.1, 0.15) is 45.4 Å². The third-order valence-corrected chi connectivity index (χ3v) is 4.74. The summed E-state index contributed by atoms with van der Waals surface area (Å²) in [6, 6.07) is 7.99. The first kappa shape index (κ1) is 25.2. The molecule has 1 N–H and O–H groups in total. The van der Waals surface area contributed by atoms with Gasteiger partial charge < -0.3 is 24.4 Å². The lowest BCUT2D eigenvalue weighted by Gasteiger charge is -2.27. The zero-order valence-corrected chi connectivity index (χ0v) is 20.3. The van der Waals surface area contributed by atoms with Gasteiger partial charge in [0.15, 0.2) is 5.96 Å². The van der Waals surface area contributed by atoms with Crippen molar-refractivity contribution in [2.45, 2.75) is 52.8 Å². The molecule has 1 amide bonds. The van der Waals surface area contributed by atoms with Gasteiger partial charge >= 0.3 is 6.09 Å². The standard InChI is InChI=1S/C24H38N6O2/c1-7-26-22(29(6)19-21-12-9-15-28(21)5)27-14-10-16-30(23(31)32-24(2,3)4)18-20-11-8-13-25-17-20/h8-9,11-13,15,17H,7,10,14,16,18-19H2,1-6H3,(H,26,27). The van der Waals surface area contributed by atoms with E-state index in [0.717, 1.165) is 31.0 Å². The molecule has 0 saturated heterocycles. The molecule has 8 nitrogen and oxygen atoms in total. The first-order valence-electron chi connectivity index (χ1n) is 11.2. The minimum atomic E-state index is -0.541. The molecule has 0 aromatic carbocycles. The normalized spacial score (nSPS) is 11.9. The number of nitrogens with one attached hydrogen (secondary N) is 1. The van der Waals surface area contributed by atoms with Crippen molar-refractivity contribution in [3.8, 4) is 0 Å². The molecule has 2 rings (SSSR count). The van der Waals surface area contributed by atoms with E-state index in [1.165, 1.54) is 5.69 Å². The van der Waals surface area contributed by atoms with Crippen LogP contribution in [-0.4, -0.2) is 63.7 Å². The van der Waals surface area contributed by atoms with E-state index in [2.05, 4.69) is 32.8 Å². The van der Waals surface area contributed by atoms with Crippen molar-refractivity contribution in [1.82, 2.24) is 24.7 Å². The molecule has 2 aromatic rings. The number of carbonyl (C=O) groups is 1. The number of amides is 1. The lowest BCUT2D eigenvalue weighted by atomic mass is 10.2. The first-order chi connectivity index (χ1) is 15.2. The minimum Gasteiger partial charge on any atom is -0.444 e. The highest BCUT2D eigenvalue weighted by atomic mass is 16.6. The number of guanidine groups is 1. The Labute approximate surface area is 192 Å². The van der Waals surface area contributed by atoms with Crippen LogP contribution in [0.25, 0.3) is 0 Å². The summed E-state index contributed by atoms with van der Waals surface area (Å²) in [5.41, 5.74) is 1.64. The largest absolute Gasteiger partial charge is 0.444 e. The molecular formula is C24H38N6O2. The third kappa shape index (κ3) is 8.61. The van der Waals surface area contributed by atoms with Crippen molar-refractivity contribution in [1.29, 1.82) is 0 Å². The van der Waals surface area contributed by atoms with Gasteiger partial charge in [-0.1, -0.05) is 6.07 Å². The molecule has 0 bridgehead atoms. The molecule has 32 heavy (non-hydrogen) atoms. The lowest BCUT2D eigenvalue weighted by molar-refractivity contribution is 0.0232. The van der Waals surface area contributed by atoms with Gasteiger partial charge in [0.05, 0.1) is 13.1 Å². The minimum absolute atomic E-state index is 0.321. The Kier molecular flexibility index (Phi) is 9.56. The summed E-state index contributed by atoms with van der Waals surface area (Å²) >= 11 is 0. The average Bonchev–Trinajstić information content (AvgIpc) is 3.13. The second kappa shape index (κ2) is 12.1. The highest BCUT2D eigenvalue weighted by Gasteiger charge is 2.22. The molecule has 0 atom stereocenters. The molecule has 0 radical (unpaired) electrons. The number of rotatable bonds is 9. The summed E-state index contributed by atoms with van der Waals surface area (Å²) < 4.78 is 7.71. The van der Waals surface area contributed by atoms with Crippen molar-refractivity contribution in [3.63, 3.8) is 0 Å². The highest BCUT2D eigenvalue weighted by Crippen LogP contribution is 2.13. The molecule has 0 aliphatic heterocycles. The van der Waals surface area contributed by atoms with E-state index in [0.29, 0.717) is 19.6 Å². The number of hydrogen-bond acceptors (Lipinski definition) is 4. The fourth-order valence-electron chi connectivity index (χ4n) is 3.17. The number of ether oxygens (including phenoxy) is 1. The molecule has 0 spiro atoms. The van der Waals surface area contributed by atoms with E-state index in [1.807, 2.05) is 59.3 Å². The van der Waals surface area contributed by atoms with E-state index < -0.39 is 5.60 Å². The van der Waals surface area contributed by atoms with Crippen molar-refractivity contribution in [2.75, 3.05) is 26.7 Å². The van der Waals surface area contributed by atoms with Crippen LogP contribution in [0.5, 0.6) is 0 Å². The maximum Gasteiger partial charge on any atom is 0.410 e. The van der Waals surface area contributed by atoms with Gasteiger partial charge in [0.25, 0.3) is 0 Å². The van der Waals surface area contributed by atoms with E-state index in [-0.39, 0.29) is 6.09 Å². The monoisotopic (exact) mass is 442 g/mol. The summed E-state index contributed by atoms with van der Waals surface area (Å²) in [6.07, 6.45) is 5.95. The highest BCUT2D eigenvalue weighted by molar-refractivity contribution is 5.79. The van der Waals surface area contributed by atoms with Gasteiger partial charge in [0.1, 0.15) is 5.60 Å². The lowest BCUT2D eigenvalue weighted by Crippen LogP contribution is -2.39. The zero-order chi connectivity index (χ0) is 23.6. The van der Waals surface area contributed by atoms with E-state index >= 15 is 0 Å². The molecule has 0 aliphatic rings. The van der Waals surface area contributed by atoms with Crippen LogP contribution in [0.15, 0.2) is 47.8 Å². The Balaban J connectivity index is 1.99. The molecular weight excluding hydrogens is 404 g/mol. The van der Waals surface area contributed by atoms with Gasteiger partial charge in [-0.15, -0.1) is 0 Å². The van der Waals surface area contributed by atoms with Crippen molar-refractivity contribution >= 4 is 12.1 Å². The van der Waals surface area contributed by atoms with Crippen LogP contribution in [0.4, 0.5) is 4.79 Å². The van der Waals surface area contributed by atoms with E-state index in [4.69, 9.17) is 9.73 Å². The topological polar surface area (TPSA) is 75.0 Å². The van der Waals surface area contributed by atoms with E-state index in [1.54, 1.807) is 17.3 Å². The smallest absolute Gasteiger partial charge is 0.410 e. The Morgan fingerprint density at radius 2 is 2.03 bits per heavy atom. The quantitative estimate of drug-likeness (QED) is 0.365. The number of pyridine rings is 1. The molecule has 2 aromatic heterocycles. The fourth-order valence-corrected chi connectivity index (χ4v) is 3.17. The summed E-state index contributed by atoms with van der Waals surface area (Å²) in [6.45, 7) is 10.9. The molecule has 2 heterocycles. The van der Waals surface area contributed by atoms with Gasteiger partial charge in [-0.25, -0.2) is 4.79 Å². The van der Waals surface area contributed by atoms with Crippen LogP contribution in [0.3, 0.4) is 0 Å². The SMILES string of the molecule is CCNC(=NCCCN(Cc1cccnc1)C(=O)OC(C)(C)C)N(C)Cc1cccn1C. The zero-order valence-electron chi connectivity index (χ0n) is 20.3. The van der Waals surface area contributed by atoms with E-state index in [9.17, 15) is 4.79 Å². The summed E-state index contributed by atoms with van der Waals surface area (Å²) in [7, 11) is 4.07. The fraction of sp³-hybridized carbons (Fsp3) is 0.542. The van der Waals surface area contributed by atoms with Gasteiger partial charge in [0, 0.05) is 58.0 Å². The molecule has 176 valence electrons. The number of hydrogen-bond donors (Lipinski definition) is 1. The second-order valence-corrected chi connectivity index (χ2v) is 8.82. The second-order valence-electron chi connectivity index (χ2n) is 8.82.